The Morgan fingerprint density at radius 2 is 1.72 bits per heavy atom. The van der Waals surface area contributed by atoms with Crippen molar-refractivity contribution in [1.82, 2.24) is 0 Å². The van der Waals surface area contributed by atoms with Gasteiger partial charge in [-0.2, -0.15) is 8.42 Å². The zero-order valence-electron chi connectivity index (χ0n) is 15.3. The van der Waals surface area contributed by atoms with E-state index in [1.165, 1.54) is 30.3 Å². The molecule has 3 aromatic rings. The minimum absolute atomic E-state index is 0.0416. The summed E-state index contributed by atoms with van der Waals surface area (Å²) in [5, 5.41) is 0.487. The average Bonchev–Trinajstić information content (AvgIpc) is 2.98. The van der Waals surface area contributed by atoms with Crippen LogP contribution in [0.15, 0.2) is 77.4 Å². The molecule has 4 rings (SSSR count). The number of carbonyl (C=O) groups excluding carboxylic acids is 1. The van der Waals surface area contributed by atoms with Gasteiger partial charge < -0.3 is 8.92 Å². The molecule has 0 unspecified atom stereocenters. The second-order valence-electron chi connectivity index (χ2n) is 6.47. The third kappa shape index (κ3) is 3.90. The Balaban J connectivity index is 1.61. The van der Waals surface area contributed by atoms with Gasteiger partial charge in [0, 0.05) is 11.1 Å². The minimum Gasteiger partial charge on any atom is -0.452 e. The number of rotatable bonds is 4. The van der Waals surface area contributed by atoms with E-state index in [-0.39, 0.29) is 27.9 Å². The summed E-state index contributed by atoms with van der Waals surface area (Å²) < 4.78 is 35.8. The van der Waals surface area contributed by atoms with Crippen LogP contribution in [-0.4, -0.2) is 14.2 Å². The lowest BCUT2D eigenvalue weighted by molar-refractivity contribution is 0.101. The Morgan fingerprint density at radius 1 is 1.00 bits per heavy atom. The lowest BCUT2D eigenvalue weighted by atomic mass is 10.1. The van der Waals surface area contributed by atoms with Gasteiger partial charge in [0.1, 0.15) is 16.4 Å². The Kier molecular flexibility index (Phi) is 4.90. The first-order valence-electron chi connectivity index (χ1n) is 8.67. The van der Waals surface area contributed by atoms with Crippen LogP contribution in [0.5, 0.6) is 11.5 Å². The Hall–Kier alpha value is -3.09. The second kappa shape index (κ2) is 7.39. The van der Waals surface area contributed by atoms with Gasteiger partial charge in [0.15, 0.2) is 5.76 Å². The van der Waals surface area contributed by atoms with Crippen molar-refractivity contribution in [2.45, 2.75) is 11.8 Å². The van der Waals surface area contributed by atoms with Gasteiger partial charge in [0.05, 0.1) is 5.56 Å². The fourth-order valence-corrected chi connectivity index (χ4v) is 3.95. The molecule has 1 heterocycles. The standard InChI is InChI=1S/C22H15ClO5S/c1-14-6-9-17(10-7-14)29(25,26)28-16-8-11-18-20(13-16)27-21(22(18)24)12-15-4-2-3-5-19(15)23/h2-13H,1H3. The molecule has 146 valence electrons. The van der Waals surface area contributed by atoms with Crippen LogP contribution >= 0.6 is 11.6 Å². The molecule has 0 amide bonds. The molecule has 3 aromatic carbocycles. The molecule has 0 bridgehead atoms. The number of hydrogen-bond acceptors (Lipinski definition) is 5. The van der Waals surface area contributed by atoms with Gasteiger partial charge in [-0.05, 0) is 48.9 Å². The summed E-state index contributed by atoms with van der Waals surface area (Å²) in [5.74, 6) is 0.0699. The molecule has 0 radical (unpaired) electrons. The molecule has 7 heteroatoms. The molecule has 29 heavy (non-hydrogen) atoms. The number of fused-ring (bicyclic) bond motifs is 1. The molecule has 0 N–H and O–H groups in total. The van der Waals surface area contributed by atoms with Crippen molar-refractivity contribution < 1.29 is 22.1 Å². The number of ketones is 1. The van der Waals surface area contributed by atoms with Crippen LogP contribution in [-0.2, 0) is 10.1 Å². The lowest BCUT2D eigenvalue weighted by Crippen LogP contribution is -2.09. The second-order valence-corrected chi connectivity index (χ2v) is 8.42. The SMILES string of the molecule is Cc1ccc(S(=O)(=O)Oc2ccc3c(c2)OC(=Cc2ccccc2Cl)C3=O)cc1. The molecule has 0 fully saturated rings. The van der Waals surface area contributed by atoms with Crippen molar-refractivity contribution in [1.29, 1.82) is 0 Å². The van der Waals surface area contributed by atoms with E-state index in [2.05, 4.69) is 0 Å². The van der Waals surface area contributed by atoms with E-state index < -0.39 is 10.1 Å². The molecule has 0 atom stereocenters. The van der Waals surface area contributed by atoms with Crippen LogP contribution in [0, 0.1) is 6.92 Å². The van der Waals surface area contributed by atoms with E-state index in [1.54, 1.807) is 42.5 Å². The van der Waals surface area contributed by atoms with Crippen molar-refractivity contribution in [3.63, 3.8) is 0 Å². The predicted octanol–water partition coefficient (Wildman–Crippen LogP) is 5.03. The number of Topliss-reactive ketones (excluding diaryl/α,β-unsaturated/α-hetero) is 1. The van der Waals surface area contributed by atoms with E-state index in [0.717, 1.165) is 5.56 Å². The Bertz CT molecular complexity index is 1240. The summed E-state index contributed by atoms with van der Waals surface area (Å²) in [5.41, 5.74) is 1.90. The number of allylic oxidation sites excluding steroid dienone is 1. The zero-order valence-corrected chi connectivity index (χ0v) is 16.8. The monoisotopic (exact) mass is 426 g/mol. The number of halogens is 1. The molecule has 0 saturated carbocycles. The molecule has 0 aromatic heterocycles. The number of ether oxygens (including phenoxy) is 1. The van der Waals surface area contributed by atoms with E-state index in [9.17, 15) is 13.2 Å². The van der Waals surface area contributed by atoms with Gasteiger partial charge in [-0.1, -0.05) is 47.5 Å². The fraction of sp³-hybridized carbons (Fsp3) is 0.0455. The third-order valence-corrected chi connectivity index (χ3v) is 5.95. The summed E-state index contributed by atoms with van der Waals surface area (Å²) in [6.45, 7) is 1.86. The van der Waals surface area contributed by atoms with Gasteiger partial charge in [0.2, 0.25) is 5.78 Å². The molecule has 0 saturated heterocycles. The van der Waals surface area contributed by atoms with Crippen LogP contribution < -0.4 is 8.92 Å². The maximum atomic E-state index is 12.6. The highest BCUT2D eigenvalue weighted by atomic mass is 35.5. The smallest absolute Gasteiger partial charge is 0.339 e. The van der Waals surface area contributed by atoms with Crippen molar-refractivity contribution in [2.75, 3.05) is 0 Å². The quantitative estimate of drug-likeness (QED) is 0.432. The van der Waals surface area contributed by atoms with E-state index in [4.69, 9.17) is 20.5 Å². The fourth-order valence-electron chi connectivity index (χ4n) is 2.83. The number of benzene rings is 3. The number of hydrogen-bond donors (Lipinski definition) is 0. The van der Waals surface area contributed by atoms with E-state index >= 15 is 0 Å². The summed E-state index contributed by atoms with van der Waals surface area (Å²) in [6, 6.07) is 17.7. The van der Waals surface area contributed by atoms with E-state index in [0.29, 0.717) is 16.1 Å². The molecule has 1 aliphatic heterocycles. The highest BCUT2D eigenvalue weighted by Gasteiger charge is 2.28. The van der Waals surface area contributed by atoms with Crippen molar-refractivity contribution in [2.24, 2.45) is 0 Å². The van der Waals surface area contributed by atoms with Gasteiger partial charge in [-0.3, -0.25) is 4.79 Å². The Labute approximate surface area is 173 Å². The Morgan fingerprint density at radius 3 is 2.45 bits per heavy atom. The molecule has 1 aliphatic rings. The summed E-state index contributed by atoms with van der Waals surface area (Å²) in [7, 11) is -4.00. The summed E-state index contributed by atoms with van der Waals surface area (Å²) >= 11 is 6.13. The van der Waals surface area contributed by atoms with Crippen LogP contribution in [0.3, 0.4) is 0 Å². The highest BCUT2D eigenvalue weighted by Crippen LogP contribution is 2.36. The largest absolute Gasteiger partial charge is 0.452 e. The number of carbonyl (C=O) groups is 1. The molecular weight excluding hydrogens is 412 g/mol. The van der Waals surface area contributed by atoms with E-state index in [1.807, 2.05) is 6.92 Å². The van der Waals surface area contributed by atoms with Crippen LogP contribution in [0.2, 0.25) is 5.02 Å². The highest BCUT2D eigenvalue weighted by molar-refractivity contribution is 7.87. The average molecular weight is 427 g/mol. The third-order valence-electron chi connectivity index (χ3n) is 4.35. The van der Waals surface area contributed by atoms with Crippen molar-refractivity contribution in [3.05, 3.63) is 94.2 Å². The normalized spacial score (nSPS) is 14.6. The maximum absolute atomic E-state index is 12.6. The first-order chi connectivity index (χ1) is 13.8. The lowest BCUT2D eigenvalue weighted by Gasteiger charge is -2.08. The zero-order chi connectivity index (χ0) is 20.6. The van der Waals surface area contributed by atoms with Crippen molar-refractivity contribution >= 4 is 33.6 Å². The predicted molar refractivity (Wildman–Crippen MR) is 110 cm³/mol. The molecule has 5 nitrogen and oxygen atoms in total. The van der Waals surface area contributed by atoms with Crippen LogP contribution in [0.1, 0.15) is 21.5 Å². The summed E-state index contributed by atoms with van der Waals surface area (Å²) in [4.78, 5) is 12.6. The van der Waals surface area contributed by atoms with Gasteiger partial charge >= 0.3 is 10.1 Å². The van der Waals surface area contributed by atoms with Gasteiger partial charge in [-0.25, -0.2) is 0 Å². The van der Waals surface area contributed by atoms with Crippen LogP contribution in [0.4, 0.5) is 0 Å². The first-order valence-corrected chi connectivity index (χ1v) is 10.5. The van der Waals surface area contributed by atoms with Crippen LogP contribution in [0.25, 0.3) is 6.08 Å². The minimum atomic E-state index is -4.00. The first kappa shape index (κ1) is 19.2. The van der Waals surface area contributed by atoms with Gasteiger partial charge in [-0.15, -0.1) is 0 Å². The molecule has 0 spiro atoms. The van der Waals surface area contributed by atoms with Crippen molar-refractivity contribution in [3.8, 4) is 11.5 Å². The summed E-state index contributed by atoms with van der Waals surface area (Å²) in [6.07, 6.45) is 1.55. The number of aryl methyl sites for hydroxylation is 1. The topological polar surface area (TPSA) is 69.7 Å². The molecule has 0 aliphatic carbocycles. The molecular formula is C22H15ClO5S. The maximum Gasteiger partial charge on any atom is 0.339 e. The van der Waals surface area contributed by atoms with Gasteiger partial charge in [0.25, 0.3) is 0 Å².